The van der Waals surface area contributed by atoms with Gasteiger partial charge in [-0.05, 0) is 102 Å². The Morgan fingerprint density at radius 2 is 1.93 bits per heavy atom. The van der Waals surface area contributed by atoms with Gasteiger partial charge in [-0.25, -0.2) is 9.78 Å². The summed E-state index contributed by atoms with van der Waals surface area (Å²) in [6, 6.07) is 20.2. The van der Waals surface area contributed by atoms with Crippen molar-refractivity contribution < 1.29 is 14.6 Å². The summed E-state index contributed by atoms with van der Waals surface area (Å²) < 4.78 is 6.41. The van der Waals surface area contributed by atoms with Gasteiger partial charge in [0.05, 0.1) is 12.0 Å². The number of pyridine rings is 1. The molecule has 2 aliphatic carbocycles. The van der Waals surface area contributed by atoms with Gasteiger partial charge in [0.2, 0.25) is 0 Å². The smallest absolute Gasteiger partial charge is 0.329 e. The Hall–Kier alpha value is -3.09. The molecule has 2 aromatic carbocycles. The number of nitrogens with one attached hydrogen (secondary N) is 1. The van der Waals surface area contributed by atoms with E-state index in [-0.39, 0.29) is 10.8 Å². The van der Waals surface area contributed by atoms with Crippen LogP contribution in [0.25, 0.3) is 10.2 Å². The number of carbonyl (C=O) groups is 1. The molecule has 5 nitrogen and oxygen atoms in total. The summed E-state index contributed by atoms with van der Waals surface area (Å²) in [6.45, 7) is 5.20. The first-order valence-electron chi connectivity index (χ1n) is 14.0. The molecule has 1 saturated carbocycles. The summed E-state index contributed by atoms with van der Waals surface area (Å²) in [4.78, 5) is 18.1. The van der Waals surface area contributed by atoms with Crippen LogP contribution in [-0.4, -0.2) is 28.2 Å². The first kappa shape index (κ1) is 27.1. The van der Waals surface area contributed by atoms with Crippen LogP contribution in [0.1, 0.15) is 57.1 Å². The largest absolute Gasteiger partial charge is 0.492 e. The van der Waals surface area contributed by atoms with E-state index in [1.54, 1.807) is 23.5 Å². The van der Waals surface area contributed by atoms with Gasteiger partial charge in [-0.15, -0.1) is 11.3 Å². The fourth-order valence-electron chi connectivity index (χ4n) is 7.14. The normalized spacial score (nSPS) is 24.2. The van der Waals surface area contributed by atoms with Crippen LogP contribution < -0.4 is 10.1 Å². The minimum atomic E-state index is -1.01. The van der Waals surface area contributed by atoms with Crippen molar-refractivity contribution in [3.05, 3.63) is 88.4 Å². The lowest BCUT2D eigenvalue weighted by atomic mass is 9.58. The van der Waals surface area contributed by atoms with Crippen LogP contribution in [0.4, 0.5) is 5.69 Å². The van der Waals surface area contributed by atoms with E-state index in [1.165, 1.54) is 11.1 Å². The molecule has 2 heterocycles. The van der Waals surface area contributed by atoms with E-state index >= 15 is 0 Å². The van der Waals surface area contributed by atoms with Gasteiger partial charge in [-0.3, -0.25) is 0 Å². The molecule has 7 heteroatoms. The van der Waals surface area contributed by atoms with Gasteiger partial charge < -0.3 is 15.2 Å². The summed E-state index contributed by atoms with van der Waals surface area (Å²) in [5, 5.41) is 17.5. The quantitative estimate of drug-likeness (QED) is 0.221. The van der Waals surface area contributed by atoms with Gasteiger partial charge in [-0.1, -0.05) is 55.8 Å². The summed E-state index contributed by atoms with van der Waals surface area (Å²) >= 11 is 7.84. The van der Waals surface area contributed by atoms with Gasteiger partial charge in [0.1, 0.15) is 16.1 Å². The maximum absolute atomic E-state index is 12.7. The Balaban J connectivity index is 1.23. The maximum atomic E-state index is 12.7. The van der Waals surface area contributed by atoms with Crippen molar-refractivity contribution >= 4 is 44.8 Å². The van der Waals surface area contributed by atoms with E-state index in [9.17, 15) is 9.90 Å². The fraction of sp³-hybridized carbons (Fsp3) is 0.394. The van der Waals surface area contributed by atoms with Crippen molar-refractivity contribution in [1.29, 1.82) is 0 Å². The SMILES string of the molecule is CC(C)(COc1ccnc2sccc12)C[C@H]1Cc2ccccc2C12CCC(Nc1cccc(Cl)c1)(C(=O)O)CC2. The first-order chi connectivity index (χ1) is 19.2. The summed E-state index contributed by atoms with van der Waals surface area (Å²) in [7, 11) is 0. The number of benzene rings is 2. The highest BCUT2D eigenvalue weighted by atomic mass is 35.5. The number of carboxylic acids is 1. The van der Waals surface area contributed by atoms with E-state index in [1.807, 2.05) is 24.4 Å². The standard InChI is InChI=1S/C33H35ClN2O3S/c1-31(2,21-39-28-10-16-35-29-26(28)11-17-40-29)20-23-18-22-6-3-4-9-27(22)32(23)12-14-33(15-13-32,30(37)38)36-25-8-5-7-24(34)19-25/h3-11,16-17,19,23,36H,12-15,18,20-21H2,1-2H3,(H,37,38)/t23-,32?,33?/m1/s1. The summed E-state index contributed by atoms with van der Waals surface area (Å²) in [5.41, 5.74) is 2.45. The number of ether oxygens (including phenoxy) is 1. The number of aromatic nitrogens is 1. The van der Waals surface area contributed by atoms with E-state index in [0.717, 1.165) is 47.3 Å². The zero-order valence-electron chi connectivity index (χ0n) is 23.0. The summed E-state index contributed by atoms with van der Waals surface area (Å²) in [6.07, 6.45) is 6.61. The molecule has 0 amide bonds. The zero-order chi connectivity index (χ0) is 28.0. The predicted octanol–water partition coefficient (Wildman–Crippen LogP) is 8.36. The Bertz CT molecular complexity index is 1540. The van der Waals surface area contributed by atoms with Crippen LogP contribution in [0.2, 0.25) is 5.02 Å². The molecule has 1 spiro atoms. The predicted molar refractivity (Wildman–Crippen MR) is 163 cm³/mol. The van der Waals surface area contributed by atoms with Gasteiger partial charge in [0.25, 0.3) is 0 Å². The molecule has 1 fully saturated rings. The fourth-order valence-corrected chi connectivity index (χ4v) is 8.08. The number of fused-ring (bicyclic) bond motifs is 3. The maximum Gasteiger partial charge on any atom is 0.329 e. The zero-order valence-corrected chi connectivity index (χ0v) is 24.5. The van der Waals surface area contributed by atoms with Gasteiger partial charge >= 0.3 is 5.97 Å². The number of carboxylic acid groups (broad SMARTS) is 1. The average molecular weight is 575 g/mol. The molecule has 0 bridgehead atoms. The third-order valence-corrected chi connectivity index (χ3v) is 10.2. The lowest BCUT2D eigenvalue weighted by Crippen LogP contribution is -2.53. The Morgan fingerprint density at radius 1 is 1.12 bits per heavy atom. The van der Waals surface area contributed by atoms with Crippen molar-refractivity contribution in [3.63, 3.8) is 0 Å². The Morgan fingerprint density at radius 3 is 2.70 bits per heavy atom. The monoisotopic (exact) mass is 574 g/mol. The van der Waals surface area contributed by atoms with E-state index < -0.39 is 11.5 Å². The molecule has 0 unspecified atom stereocenters. The molecular weight excluding hydrogens is 540 g/mol. The van der Waals surface area contributed by atoms with Gasteiger partial charge in [0.15, 0.2) is 0 Å². The molecule has 2 N–H and O–H groups in total. The number of anilines is 1. The number of halogens is 1. The first-order valence-corrected chi connectivity index (χ1v) is 15.3. The molecule has 6 rings (SSSR count). The highest BCUT2D eigenvalue weighted by molar-refractivity contribution is 7.16. The van der Waals surface area contributed by atoms with Crippen LogP contribution in [0.5, 0.6) is 5.75 Å². The molecule has 4 aromatic rings. The topological polar surface area (TPSA) is 71.5 Å². The van der Waals surface area contributed by atoms with Gasteiger partial charge in [-0.2, -0.15) is 0 Å². The van der Waals surface area contributed by atoms with Crippen LogP contribution in [0, 0.1) is 11.3 Å². The molecule has 0 aliphatic heterocycles. The number of hydrogen-bond donors (Lipinski definition) is 2. The second-order valence-electron chi connectivity index (χ2n) is 12.3. The van der Waals surface area contributed by atoms with Crippen LogP contribution >= 0.6 is 22.9 Å². The average Bonchev–Trinajstić information content (AvgIpc) is 3.52. The molecular formula is C33H35ClN2O3S. The summed E-state index contributed by atoms with van der Waals surface area (Å²) in [5.74, 6) is 0.510. The number of rotatable bonds is 8. The number of aliphatic carboxylic acids is 1. The Labute approximate surface area is 244 Å². The van der Waals surface area contributed by atoms with Crippen molar-refractivity contribution in [1.82, 2.24) is 4.98 Å². The molecule has 40 heavy (non-hydrogen) atoms. The number of thiophene rings is 1. The molecule has 0 radical (unpaired) electrons. The Kier molecular flexibility index (Phi) is 7.04. The molecule has 0 saturated heterocycles. The van der Waals surface area contributed by atoms with E-state index in [4.69, 9.17) is 16.3 Å². The lowest BCUT2D eigenvalue weighted by Gasteiger charge is -2.48. The van der Waals surface area contributed by atoms with E-state index in [2.05, 4.69) is 59.9 Å². The highest BCUT2D eigenvalue weighted by Gasteiger charge is 2.54. The second-order valence-corrected chi connectivity index (χ2v) is 13.7. The molecule has 208 valence electrons. The number of nitrogens with zero attached hydrogens (tertiary/aromatic N) is 1. The van der Waals surface area contributed by atoms with Crippen LogP contribution in [0.3, 0.4) is 0 Å². The van der Waals surface area contributed by atoms with E-state index in [0.29, 0.717) is 30.4 Å². The highest BCUT2D eigenvalue weighted by Crippen LogP contribution is 2.57. The second kappa shape index (κ2) is 10.4. The molecule has 2 aliphatic rings. The van der Waals surface area contributed by atoms with Crippen molar-refractivity contribution in [2.45, 2.75) is 63.3 Å². The minimum absolute atomic E-state index is 0.0415. The van der Waals surface area contributed by atoms with Crippen molar-refractivity contribution in [2.75, 3.05) is 11.9 Å². The minimum Gasteiger partial charge on any atom is -0.492 e. The van der Waals surface area contributed by atoms with Crippen LogP contribution in [0.15, 0.2) is 72.2 Å². The lowest BCUT2D eigenvalue weighted by molar-refractivity contribution is -0.144. The third kappa shape index (κ3) is 4.97. The van der Waals surface area contributed by atoms with Crippen LogP contribution in [-0.2, 0) is 16.6 Å². The van der Waals surface area contributed by atoms with Gasteiger partial charge in [0, 0.05) is 16.9 Å². The third-order valence-electron chi connectivity index (χ3n) is 9.16. The van der Waals surface area contributed by atoms with Crippen molar-refractivity contribution in [3.8, 4) is 5.75 Å². The van der Waals surface area contributed by atoms with Crippen molar-refractivity contribution in [2.24, 2.45) is 11.3 Å². The molecule has 1 atom stereocenters. The number of hydrogen-bond acceptors (Lipinski definition) is 5. The molecule has 2 aromatic heterocycles.